The van der Waals surface area contributed by atoms with Crippen LogP contribution in [0.4, 0.5) is 45.5 Å². The summed E-state index contributed by atoms with van der Waals surface area (Å²) in [5, 5.41) is 16.0. The second-order valence-corrected chi connectivity index (χ2v) is 41.8. The van der Waals surface area contributed by atoms with Gasteiger partial charge in [-0.05, 0) is 380 Å². The van der Waals surface area contributed by atoms with Crippen LogP contribution in [-0.2, 0) is 21.7 Å². The Bertz CT molecular complexity index is 6590. The molecule has 17 aromatic carbocycles. The van der Waals surface area contributed by atoms with Gasteiger partial charge in [-0.2, -0.15) is 0 Å². The Morgan fingerprint density at radius 2 is 0.405 bits per heavy atom. The van der Waals surface area contributed by atoms with Gasteiger partial charge in [-0.25, -0.2) is 0 Å². The molecule has 17 aromatic rings. The number of para-hydroxylation sites is 4. The molecule has 126 heavy (non-hydrogen) atoms. The zero-order valence-corrected chi connectivity index (χ0v) is 75.7. The molecule has 8 atom stereocenters. The van der Waals surface area contributed by atoms with Gasteiger partial charge >= 0.3 is 0 Å². The number of fused-ring (bicyclic) bond motifs is 18. The minimum Gasteiger partial charge on any atom is -0.334 e. The molecule has 0 saturated heterocycles. The lowest BCUT2D eigenvalue weighted by molar-refractivity contribution is 0.195. The molecule has 4 heteroatoms. The van der Waals surface area contributed by atoms with Gasteiger partial charge in [0.1, 0.15) is 0 Å². The van der Waals surface area contributed by atoms with E-state index in [-0.39, 0.29) is 43.8 Å². The Morgan fingerprint density at radius 1 is 0.198 bits per heavy atom. The fourth-order valence-electron chi connectivity index (χ4n) is 29.1. The van der Waals surface area contributed by atoms with Gasteiger partial charge in [0.05, 0.1) is 22.2 Å². The molecular weight excluding hydrogens is 1520 g/mol. The maximum Gasteiger partial charge on any atom is 0.0518 e. The van der Waals surface area contributed by atoms with E-state index in [4.69, 9.17) is 0 Å². The van der Waals surface area contributed by atoms with E-state index in [9.17, 15) is 0 Å². The molecule has 4 saturated carbocycles. The minimum absolute atomic E-state index is 0.0920. The molecule has 4 nitrogen and oxygen atoms in total. The Balaban J connectivity index is 0.810. The smallest absolute Gasteiger partial charge is 0.0518 e. The topological polar surface area (TPSA) is 13.0 Å². The van der Waals surface area contributed by atoms with Gasteiger partial charge < -0.3 is 19.6 Å². The fraction of sp³-hybridized carbons (Fsp3) is 0.295. The predicted octanol–water partition coefficient (Wildman–Crippen LogP) is 33.7. The number of anilines is 8. The van der Waals surface area contributed by atoms with Crippen molar-refractivity contribution in [3.05, 3.63) is 324 Å². The van der Waals surface area contributed by atoms with Crippen molar-refractivity contribution in [3.63, 3.8) is 0 Å². The fourth-order valence-corrected chi connectivity index (χ4v) is 29.1. The van der Waals surface area contributed by atoms with Crippen molar-refractivity contribution in [2.75, 3.05) is 19.6 Å². The number of benzene rings is 15. The van der Waals surface area contributed by atoms with Crippen molar-refractivity contribution in [1.82, 2.24) is 0 Å². The van der Waals surface area contributed by atoms with Crippen LogP contribution in [0.2, 0.25) is 0 Å². The third-order valence-corrected chi connectivity index (χ3v) is 35.9. The Hall–Kier alpha value is -12.0. The summed E-state index contributed by atoms with van der Waals surface area (Å²) in [7, 11) is 0. The SMILES string of the molecule is Cc1cc(-c2ccc3c4c(-c5ccccc5)c5c6ccc(-c7cc(C)c8c(c7)C7(C)CCCCC7(C)N8c7ccccc7)c7c(-c8cc(C)c9c(c8)C8(C)CCCCC8(C)N9c8ccccc8)ccc(c5c(-c5ccccc5)c4c4ccc(-c5cc(C)c8c(c5)C5(C)CCCCC5(C)N8c5ccccc5)c2c34)c76)cc2c1N(c1ccccc1)C1(C)CCCCC21C. The van der Waals surface area contributed by atoms with Crippen LogP contribution in [0.25, 0.3) is 131 Å². The summed E-state index contributed by atoms with van der Waals surface area (Å²) in [6.07, 6.45) is 19.0. The van der Waals surface area contributed by atoms with E-state index in [1.807, 2.05) is 0 Å². The Kier molecular flexibility index (Phi) is 16.3. The van der Waals surface area contributed by atoms with Crippen LogP contribution < -0.4 is 19.6 Å². The van der Waals surface area contributed by atoms with Gasteiger partial charge in [0.2, 0.25) is 0 Å². The highest BCUT2D eigenvalue weighted by atomic mass is 15.3. The molecule has 8 unspecified atom stereocenters. The molecule has 622 valence electrons. The van der Waals surface area contributed by atoms with Crippen molar-refractivity contribution in [3.8, 4) is 66.8 Å². The van der Waals surface area contributed by atoms with E-state index in [1.165, 1.54) is 273 Å². The lowest BCUT2D eigenvalue weighted by atomic mass is 9.61. The molecule has 0 N–H and O–H groups in total. The van der Waals surface area contributed by atoms with Crippen molar-refractivity contribution >= 4 is 110 Å². The summed E-state index contributed by atoms with van der Waals surface area (Å²) in [6, 6.07) is 111. The summed E-state index contributed by atoms with van der Waals surface area (Å²) >= 11 is 0. The Labute approximate surface area is 744 Å². The van der Waals surface area contributed by atoms with E-state index in [0.717, 1.165) is 51.4 Å². The first kappa shape index (κ1) is 76.5. The van der Waals surface area contributed by atoms with Gasteiger partial charge in [-0.1, -0.05) is 261 Å². The molecule has 0 spiro atoms. The second kappa shape index (κ2) is 26.8. The van der Waals surface area contributed by atoms with E-state index in [2.05, 4.69) is 382 Å². The molecule has 8 aliphatic rings. The zero-order valence-electron chi connectivity index (χ0n) is 75.7. The third-order valence-electron chi connectivity index (χ3n) is 35.9. The van der Waals surface area contributed by atoms with Gasteiger partial charge in [-0.3, -0.25) is 0 Å². The number of aryl methyl sites for hydroxylation is 4. The molecule has 4 aliphatic heterocycles. The highest BCUT2D eigenvalue weighted by Gasteiger charge is 2.63. The van der Waals surface area contributed by atoms with Crippen LogP contribution in [0, 0.1) is 27.7 Å². The van der Waals surface area contributed by atoms with Gasteiger partial charge in [0.25, 0.3) is 0 Å². The molecule has 4 heterocycles. The number of hydrogen-bond acceptors (Lipinski definition) is 4. The summed E-state index contributed by atoms with van der Waals surface area (Å²) < 4.78 is 0. The van der Waals surface area contributed by atoms with Gasteiger partial charge in [0.15, 0.2) is 0 Å². The maximum atomic E-state index is 2.79. The Morgan fingerprint density at radius 3 is 0.627 bits per heavy atom. The van der Waals surface area contributed by atoms with Crippen molar-refractivity contribution in [2.24, 2.45) is 0 Å². The molecule has 0 aromatic heterocycles. The van der Waals surface area contributed by atoms with Crippen molar-refractivity contribution in [2.45, 2.75) is 230 Å². The van der Waals surface area contributed by atoms with Gasteiger partial charge in [-0.15, -0.1) is 0 Å². The molecular formula is C122H114N4. The summed E-state index contributed by atoms with van der Waals surface area (Å²) in [5.41, 5.74) is 36.9. The van der Waals surface area contributed by atoms with Crippen LogP contribution in [0.3, 0.4) is 0 Å². The van der Waals surface area contributed by atoms with Crippen LogP contribution in [0.1, 0.15) is 203 Å². The standard InChI is InChI=1S/C122H114N4/c1-75-67-81(71-97-111(75)123(85-43-23-15-24-44-85)119(9)63-35-31-59-115(97,119)5)89-51-55-93-105-94(56-52-90(103(89)105)82-68-76(2)112-98(72-82)116(6)60-32-36-64-120(116,10)124(112)86-45-25-16-26-46-86)108-102(80-41-21-14-22-42-80)110-96-58-54-92(84-70-78(4)114-100(74-84)118(8)62-34-38-66-122(118,12)126(114)88-49-29-18-30-50-88)104-91(53-57-95(106(96)104)109(110)101(107(93)108)79-39-19-13-20-40-79)83-69-77(3)113-99(73-83)117(7)61-33-37-65-121(117,11)125(113)87-47-27-17-28-48-87/h13-30,39-58,67-74H,31-38,59-66H2,1-12H3. The van der Waals surface area contributed by atoms with Crippen LogP contribution in [0.15, 0.2) is 279 Å². The first-order chi connectivity index (χ1) is 61.1. The first-order valence-electron chi connectivity index (χ1n) is 47.7. The molecule has 25 rings (SSSR count). The minimum atomic E-state index is -0.107. The molecule has 0 amide bonds. The van der Waals surface area contributed by atoms with Crippen molar-refractivity contribution in [1.29, 1.82) is 0 Å². The van der Waals surface area contributed by atoms with E-state index < -0.39 is 0 Å². The predicted molar refractivity (Wildman–Crippen MR) is 537 cm³/mol. The molecule has 4 fully saturated rings. The second-order valence-electron chi connectivity index (χ2n) is 41.8. The average Bonchev–Trinajstić information content (AvgIpc) is 1.50. The van der Waals surface area contributed by atoms with E-state index in [1.54, 1.807) is 0 Å². The average molecular weight is 1640 g/mol. The lowest BCUT2D eigenvalue weighted by Gasteiger charge is -2.50. The zero-order chi connectivity index (χ0) is 85.2. The summed E-state index contributed by atoms with van der Waals surface area (Å²) in [4.78, 5) is 11.1. The summed E-state index contributed by atoms with van der Waals surface area (Å²) in [6.45, 7) is 30.7. The lowest BCUT2D eigenvalue weighted by Crippen LogP contribution is -2.54. The largest absolute Gasteiger partial charge is 0.334 e. The molecule has 4 aliphatic carbocycles. The van der Waals surface area contributed by atoms with E-state index >= 15 is 0 Å². The number of hydrogen-bond donors (Lipinski definition) is 0. The maximum absolute atomic E-state index is 2.79. The highest BCUT2D eigenvalue weighted by Crippen LogP contribution is 2.70. The summed E-state index contributed by atoms with van der Waals surface area (Å²) in [5.74, 6) is 0. The third kappa shape index (κ3) is 9.77. The van der Waals surface area contributed by atoms with Crippen LogP contribution >= 0.6 is 0 Å². The molecule has 0 radical (unpaired) electrons. The van der Waals surface area contributed by atoms with Gasteiger partial charge in [0, 0.05) is 67.2 Å². The van der Waals surface area contributed by atoms with Crippen LogP contribution in [-0.4, -0.2) is 22.2 Å². The number of nitrogens with zero attached hydrogens (tertiary/aromatic N) is 4. The van der Waals surface area contributed by atoms with E-state index in [0.29, 0.717) is 0 Å². The highest BCUT2D eigenvalue weighted by molar-refractivity contribution is 6.48. The normalized spacial score (nSPS) is 25.3. The quantitative estimate of drug-likeness (QED) is 0.135. The first-order valence-corrected chi connectivity index (χ1v) is 47.7. The molecule has 0 bridgehead atoms. The van der Waals surface area contributed by atoms with Crippen LogP contribution in [0.5, 0.6) is 0 Å². The monoisotopic (exact) mass is 1630 g/mol. The number of rotatable bonds is 10. The van der Waals surface area contributed by atoms with Crippen molar-refractivity contribution < 1.29 is 0 Å².